The molecule has 1 atom stereocenters. The Morgan fingerprint density at radius 2 is 1.94 bits per heavy atom. The summed E-state index contributed by atoms with van der Waals surface area (Å²) in [6.07, 6.45) is 0.907. The number of thiophene rings is 1. The van der Waals surface area contributed by atoms with E-state index in [1.54, 1.807) is 11.3 Å². The number of hydrogen-bond donors (Lipinski definition) is 1. The maximum Gasteiger partial charge on any atom is 0.252 e. The number of aromatic nitrogens is 5. The highest BCUT2D eigenvalue weighted by Crippen LogP contribution is 2.33. The monoisotopic (exact) mass is 492 g/mol. The van der Waals surface area contributed by atoms with Crippen molar-refractivity contribution in [3.63, 3.8) is 0 Å². The molecule has 3 aromatic heterocycles. The van der Waals surface area contributed by atoms with Crippen LogP contribution < -0.4 is 5.56 Å². The summed E-state index contributed by atoms with van der Waals surface area (Å²) in [5.41, 5.74) is 3.68. The van der Waals surface area contributed by atoms with Crippen molar-refractivity contribution in [1.29, 1.82) is 0 Å². The van der Waals surface area contributed by atoms with Crippen LogP contribution >= 0.6 is 11.3 Å². The Hall–Kier alpha value is -2.84. The van der Waals surface area contributed by atoms with Gasteiger partial charge in [-0.25, -0.2) is 4.68 Å². The standard InChI is InChI=1S/C27H36N6OS/c1-8-27(6,7)33-25(29-30-31-33)24(17(2)3)32(16-21-10-9-11-35-21)15-20-14-22-19(5)12-18(4)13-23(22)28-26(20)34/h9-14,17,24H,8,15-16H2,1-7H3,(H,28,34)/t24-/m1/s1. The molecule has 0 spiro atoms. The molecule has 0 aliphatic rings. The predicted molar refractivity (Wildman–Crippen MR) is 143 cm³/mol. The molecule has 0 bridgehead atoms. The number of benzene rings is 1. The van der Waals surface area contributed by atoms with Crippen molar-refractivity contribution in [3.8, 4) is 0 Å². The molecule has 0 aliphatic carbocycles. The molecule has 35 heavy (non-hydrogen) atoms. The van der Waals surface area contributed by atoms with E-state index in [2.05, 4.69) is 104 Å². The Morgan fingerprint density at radius 3 is 2.60 bits per heavy atom. The van der Waals surface area contributed by atoms with E-state index < -0.39 is 0 Å². The first-order valence-corrected chi connectivity index (χ1v) is 13.2. The van der Waals surface area contributed by atoms with Crippen molar-refractivity contribution in [1.82, 2.24) is 30.1 Å². The van der Waals surface area contributed by atoms with Crippen LogP contribution in [0.15, 0.2) is 40.5 Å². The number of fused-ring (bicyclic) bond motifs is 1. The van der Waals surface area contributed by atoms with Gasteiger partial charge < -0.3 is 4.98 Å². The summed E-state index contributed by atoms with van der Waals surface area (Å²) in [5, 5.41) is 16.2. The molecule has 186 valence electrons. The van der Waals surface area contributed by atoms with Gasteiger partial charge in [0.05, 0.1) is 11.6 Å². The van der Waals surface area contributed by atoms with Gasteiger partial charge in [-0.15, -0.1) is 16.4 Å². The van der Waals surface area contributed by atoms with Crippen LogP contribution in [0, 0.1) is 19.8 Å². The summed E-state index contributed by atoms with van der Waals surface area (Å²) in [5.74, 6) is 1.07. The van der Waals surface area contributed by atoms with Crippen LogP contribution in [0.1, 0.15) is 74.5 Å². The van der Waals surface area contributed by atoms with E-state index >= 15 is 0 Å². The Balaban J connectivity index is 1.81. The highest BCUT2D eigenvalue weighted by molar-refractivity contribution is 7.09. The van der Waals surface area contributed by atoms with Gasteiger partial charge >= 0.3 is 0 Å². The summed E-state index contributed by atoms with van der Waals surface area (Å²) < 4.78 is 1.97. The van der Waals surface area contributed by atoms with Crippen LogP contribution in [0.25, 0.3) is 10.9 Å². The first-order valence-electron chi connectivity index (χ1n) is 12.3. The maximum absolute atomic E-state index is 13.2. The average molecular weight is 493 g/mol. The first-order chi connectivity index (χ1) is 16.6. The molecule has 0 saturated heterocycles. The average Bonchev–Trinajstić information content (AvgIpc) is 3.47. The lowest BCUT2D eigenvalue weighted by Gasteiger charge is -2.35. The SMILES string of the molecule is CCC(C)(C)n1nnnc1[C@@H](C(C)C)N(Cc1cccs1)Cc1cc2c(C)cc(C)cc2[nH]c1=O. The number of aryl methyl sites for hydroxylation is 2. The molecule has 8 heteroatoms. The van der Waals surface area contributed by atoms with E-state index in [1.807, 2.05) is 10.7 Å². The molecule has 3 heterocycles. The van der Waals surface area contributed by atoms with E-state index in [9.17, 15) is 4.79 Å². The number of tetrazole rings is 1. The topological polar surface area (TPSA) is 79.7 Å². The quantitative estimate of drug-likeness (QED) is 0.322. The molecule has 1 N–H and O–H groups in total. The van der Waals surface area contributed by atoms with Crippen molar-refractivity contribution in [2.75, 3.05) is 0 Å². The zero-order valence-electron chi connectivity index (χ0n) is 21.8. The van der Waals surface area contributed by atoms with Gasteiger partial charge in [0.15, 0.2) is 5.82 Å². The molecular weight excluding hydrogens is 456 g/mol. The molecule has 0 aliphatic heterocycles. The van der Waals surface area contributed by atoms with Gasteiger partial charge in [-0.3, -0.25) is 9.69 Å². The van der Waals surface area contributed by atoms with E-state index in [0.29, 0.717) is 13.1 Å². The third-order valence-electron chi connectivity index (χ3n) is 6.92. The van der Waals surface area contributed by atoms with Gasteiger partial charge in [-0.1, -0.05) is 32.9 Å². The fraction of sp³-hybridized carbons (Fsp3) is 0.481. The minimum absolute atomic E-state index is 0.0466. The first kappa shape index (κ1) is 25.3. The molecule has 0 fully saturated rings. The van der Waals surface area contributed by atoms with Crippen LogP contribution in [-0.2, 0) is 18.6 Å². The Bertz CT molecular complexity index is 1350. The number of nitrogens with one attached hydrogen (secondary N) is 1. The number of pyridine rings is 1. The maximum atomic E-state index is 13.2. The van der Waals surface area contributed by atoms with Gasteiger partial charge in [-0.2, -0.15) is 0 Å². The highest BCUT2D eigenvalue weighted by Gasteiger charge is 2.34. The second-order valence-electron chi connectivity index (χ2n) is 10.5. The van der Waals surface area contributed by atoms with Crippen molar-refractivity contribution in [2.24, 2.45) is 5.92 Å². The van der Waals surface area contributed by atoms with E-state index in [0.717, 1.165) is 39.8 Å². The van der Waals surface area contributed by atoms with E-state index in [1.165, 1.54) is 4.88 Å². The summed E-state index contributed by atoms with van der Waals surface area (Å²) in [6.45, 7) is 16.2. The number of hydrogen-bond acceptors (Lipinski definition) is 6. The van der Waals surface area contributed by atoms with Crippen molar-refractivity contribution in [2.45, 2.75) is 79.6 Å². The lowest BCUT2D eigenvalue weighted by Crippen LogP contribution is -2.38. The molecule has 0 saturated carbocycles. The fourth-order valence-corrected chi connectivity index (χ4v) is 5.48. The smallest absolute Gasteiger partial charge is 0.252 e. The Labute approximate surface area is 211 Å². The van der Waals surface area contributed by atoms with Crippen molar-refractivity contribution < 1.29 is 0 Å². The van der Waals surface area contributed by atoms with Gasteiger partial charge in [-0.05, 0) is 85.2 Å². The minimum atomic E-state index is -0.212. The zero-order valence-corrected chi connectivity index (χ0v) is 22.6. The van der Waals surface area contributed by atoms with Crippen LogP contribution in [0.4, 0.5) is 0 Å². The Kier molecular flexibility index (Phi) is 7.24. The second kappa shape index (κ2) is 10.0. The van der Waals surface area contributed by atoms with Crippen molar-refractivity contribution in [3.05, 3.63) is 73.5 Å². The van der Waals surface area contributed by atoms with Crippen LogP contribution in [0.5, 0.6) is 0 Å². The third kappa shape index (κ3) is 5.23. The zero-order chi connectivity index (χ0) is 25.3. The lowest BCUT2D eigenvalue weighted by atomic mass is 9.97. The van der Waals surface area contributed by atoms with Crippen molar-refractivity contribution >= 4 is 22.2 Å². The van der Waals surface area contributed by atoms with Gasteiger partial charge in [0.25, 0.3) is 5.56 Å². The molecule has 0 radical (unpaired) electrons. The summed E-state index contributed by atoms with van der Waals surface area (Å²) >= 11 is 1.73. The number of H-pyrrole nitrogens is 1. The van der Waals surface area contributed by atoms with Crippen LogP contribution in [0.2, 0.25) is 0 Å². The van der Waals surface area contributed by atoms with E-state index in [4.69, 9.17) is 0 Å². The summed E-state index contributed by atoms with van der Waals surface area (Å²) in [4.78, 5) is 19.9. The van der Waals surface area contributed by atoms with Crippen LogP contribution in [-0.4, -0.2) is 30.1 Å². The lowest BCUT2D eigenvalue weighted by molar-refractivity contribution is 0.119. The number of nitrogens with zero attached hydrogens (tertiary/aromatic N) is 5. The molecular formula is C27H36N6OS. The highest BCUT2D eigenvalue weighted by atomic mass is 32.1. The van der Waals surface area contributed by atoms with Gasteiger partial charge in [0, 0.05) is 34.4 Å². The Morgan fingerprint density at radius 1 is 1.17 bits per heavy atom. The van der Waals surface area contributed by atoms with E-state index in [-0.39, 0.29) is 23.1 Å². The van der Waals surface area contributed by atoms with Gasteiger partial charge in [0.1, 0.15) is 0 Å². The molecule has 1 aromatic carbocycles. The van der Waals surface area contributed by atoms with Gasteiger partial charge in [0.2, 0.25) is 0 Å². The number of aromatic amines is 1. The predicted octanol–water partition coefficient (Wildman–Crippen LogP) is 5.74. The summed E-state index contributed by atoms with van der Waals surface area (Å²) in [7, 11) is 0. The molecule has 7 nitrogen and oxygen atoms in total. The molecule has 4 rings (SSSR count). The second-order valence-corrected chi connectivity index (χ2v) is 11.5. The third-order valence-corrected chi connectivity index (χ3v) is 7.78. The summed E-state index contributed by atoms with van der Waals surface area (Å²) in [6, 6.07) is 10.4. The number of rotatable bonds is 9. The fourth-order valence-electron chi connectivity index (χ4n) is 4.75. The molecule has 0 unspecified atom stereocenters. The largest absolute Gasteiger partial charge is 0.322 e. The normalized spacial score (nSPS) is 13.3. The molecule has 0 amide bonds. The molecule has 4 aromatic rings. The minimum Gasteiger partial charge on any atom is -0.322 e. The van der Waals surface area contributed by atoms with Crippen LogP contribution in [0.3, 0.4) is 0 Å².